The molecule has 2 rings (SSSR count). The number of halogens is 1. The highest BCUT2D eigenvalue weighted by Crippen LogP contribution is 2.27. The van der Waals surface area contributed by atoms with Crippen LogP contribution in [0.4, 0.5) is 10.1 Å². The zero-order valence-corrected chi connectivity index (χ0v) is 9.77. The van der Waals surface area contributed by atoms with Gasteiger partial charge in [0.25, 0.3) is 0 Å². The van der Waals surface area contributed by atoms with Crippen LogP contribution < -0.4 is 10.5 Å². The van der Waals surface area contributed by atoms with Crippen LogP contribution in [0.5, 0.6) is 11.5 Å². The maximum atomic E-state index is 13.3. The zero-order valence-electron chi connectivity index (χ0n) is 9.77. The zero-order chi connectivity index (χ0) is 13.1. The summed E-state index contributed by atoms with van der Waals surface area (Å²) in [6.07, 6.45) is 0. The quantitative estimate of drug-likeness (QED) is 0.821. The Balaban J connectivity index is 2.34. The third-order valence-corrected chi connectivity index (χ3v) is 2.46. The molecule has 0 aliphatic rings. The minimum atomic E-state index is -0.543. The van der Waals surface area contributed by atoms with Crippen molar-refractivity contribution in [2.75, 3.05) is 5.73 Å². The van der Waals surface area contributed by atoms with E-state index in [1.807, 2.05) is 19.1 Å². The van der Waals surface area contributed by atoms with Gasteiger partial charge in [-0.1, -0.05) is 6.07 Å². The van der Waals surface area contributed by atoms with E-state index in [1.165, 1.54) is 12.1 Å². The van der Waals surface area contributed by atoms with Crippen LogP contribution in [0.2, 0.25) is 0 Å². The Morgan fingerprint density at radius 1 is 1.22 bits per heavy atom. The Bertz CT molecular complexity index is 632. The molecule has 4 heteroatoms. The first kappa shape index (κ1) is 11.9. The first-order valence-corrected chi connectivity index (χ1v) is 5.34. The van der Waals surface area contributed by atoms with Gasteiger partial charge >= 0.3 is 0 Å². The minimum Gasteiger partial charge on any atom is -0.456 e. The molecule has 0 aromatic heterocycles. The van der Waals surface area contributed by atoms with Gasteiger partial charge in [-0.3, -0.25) is 0 Å². The Hall–Kier alpha value is -2.54. The van der Waals surface area contributed by atoms with Crippen molar-refractivity contribution in [3.63, 3.8) is 0 Å². The summed E-state index contributed by atoms with van der Waals surface area (Å²) in [5.74, 6) is 0.160. The normalized spacial score (nSPS) is 9.83. The lowest BCUT2D eigenvalue weighted by atomic mass is 10.1. The van der Waals surface area contributed by atoms with E-state index in [0.717, 1.165) is 5.56 Å². The van der Waals surface area contributed by atoms with Crippen LogP contribution in [0.15, 0.2) is 36.4 Å². The van der Waals surface area contributed by atoms with E-state index in [4.69, 9.17) is 15.7 Å². The molecule has 2 aromatic carbocycles. The lowest BCUT2D eigenvalue weighted by Crippen LogP contribution is -1.93. The number of aryl methyl sites for hydroxylation is 1. The highest BCUT2D eigenvalue weighted by Gasteiger charge is 2.06. The number of benzene rings is 2. The molecule has 0 fully saturated rings. The molecule has 0 spiro atoms. The lowest BCUT2D eigenvalue weighted by molar-refractivity contribution is 0.475. The molecule has 2 N–H and O–H groups in total. The number of ether oxygens (including phenoxy) is 1. The van der Waals surface area contributed by atoms with Crippen LogP contribution >= 0.6 is 0 Å². The summed E-state index contributed by atoms with van der Waals surface area (Å²) >= 11 is 0. The van der Waals surface area contributed by atoms with Crippen LogP contribution in [-0.4, -0.2) is 0 Å². The number of anilines is 1. The van der Waals surface area contributed by atoms with Crippen molar-refractivity contribution in [2.45, 2.75) is 6.92 Å². The maximum Gasteiger partial charge on any atom is 0.149 e. The van der Waals surface area contributed by atoms with Gasteiger partial charge in [-0.05, 0) is 36.8 Å². The molecule has 90 valence electrons. The predicted molar refractivity (Wildman–Crippen MR) is 66.8 cm³/mol. The van der Waals surface area contributed by atoms with E-state index < -0.39 is 5.82 Å². The van der Waals surface area contributed by atoms with Crippen molar-refractivity contribution < 1.29 is 9.13 Å². The molecule has 0 radical (unpaired) electrons. The van der Waals surface area contributed by atoms with Crippen molar-refractivity contribution in [1.29, 1.82) is 5.26 Å². The molecule has 0 saturated carbocycles. The molecule has 3 nitrogen and oxygen atoms in total. The van der Waals surface area contributed by atoms with Crippen LogP contribution in [-0.2, 0) is 0 Å². The second kappa shape index (κ2) is 4.76. The van der Waals surface area contributed by atoms with Crippen LogP contribution in [0.25, 0.3) is 0 Å². The van der Waals surface area contributed by atoms with Crippen molar-refractivity contribution >= 4 is 5.69 Å². The molecule has 2 aromatic rings. The molecular formula is C14H11FN2O. The fraction of sp³-hybridized carbons (Fsp3) is 0.0714. The predicted octanol–water partition coefficient (Wildman–Crippen LogP) is 3.38. The Morgan fingerprint density at radius 3 is 2.67 bits per heavy atom. The number of nitrogens with zero attached hydrogens (tertiary/aromatic N) is 1. The lowest BCUT2D eigenvalue weighted by Gasteiger charge is -2.08. The van der Waals surface area contributed by atoms with Gasteiger partial charge in [-0.25, -0.2) is 4.39 Å². The molecule has 18 heavy (non-hydrogen) atoms. The molecule has 0 atom stereocenters. The highest BCUT2D eigenvalue weighted by molar-refractivity contribution is 5.49. The molecule has 0 bridgehead atoms. The van der Waals surface area contributed by atoms with Crippen LogP contribution in [0.3, 0.4) is 0 Å². The summed E-state index contributed by atoms with van der Waals surface area (Å²) in [4.78, 5) is 0. The first-order chi connectivity index (χ1) is 8.60. The molecule has 0 unspecified atom stereocenters. The summed E-state index contributed by atoms with van der Waals surface area (Å²) in [5, 5.41) is 9.00. The molecule has 0 heterocycles. The number of nitrogens with two attached hydrogens (primary N) is 1. The average Bonchev–Trinajstić information content (AvgIpc) is 2.36. The van der Waals surface area contributed by atoms with Gasteiger partial charge < -0.3 is 10.5 Å². The summed E-state index contributed by atoms with van der Waals surface area (Å²) in [7, 11) is 0. The second-order valence-corrected chi connectivity index (χ2v) is 3.90. The third kappa shape index (κ3) is 2.41. The topological polar surface area (TPSA) is 59.0 Å². The van der Waals surface area contributed by atoms with E-state index in [1.54, 1.807) is 18.2 Å². The fourth-order valence-electron chi connectivity index (χ4n) is 1.52. The van der Waals surface area contributed by atoms with Crippen molar-refractivity contribution in [2.24, 2.45) is 0 Å². The number of hydrogen-bond acceptors (Lipinski definition) is 3. The Morgan fingerprint density at radius 2 is 2.00 bits per heavy atom. The van der Waals surface area contributed by atoms with Gasteiger partial charge in [0.05, 0.1) is 11.3 Å². The van der Waals surface area contributed by atoms with E-state index in [2.05, 4.69) is 0 Å². The molecule has 0 aliphatic heterocycles. The van der Waals surface area contributed by atoms with Gasteiger partial charge in [0.1, 0.15) is 23.4 Å². The molecule has 0 saturated heterocycles. The maximum absolute atomic E-state index is 13.3. The van der Waals surface area contributed by atoms with E-state index in [0.29, 0.717) is 17.1 Å². The molecule has 0 aliphatic carbocycles. The SMILES string of the molecule is Cc1ccc(Oc2ccc(N)c(F)c2)c(C#N)c1. The van der Waals surface area contributed by atoms with Gasteiger partial charge in [0.15, 0.2) is 0 Å². The second-order valence-electron chi connectivity index (χ2n) is 3.90. The standard InChI is InChI=1S/C14H11FN2O/c1-9-2-5-14(10(6-9)8-16)18-11-3-4-13(17)12(15)7-11/h2-7H,17H2,1H3. The van der Waals surface area contributed by atoms with Gasteiger partial charge in [-0.2, -0.15) is 5.26 Å². The van der Waals surface area contributed by atoms with Gasteiger partial charge in [-0.15, -0.1) is 0 Å². The molecule has 0 amide bonds. The van der Waals surface area contributed by atoms with Crippen LogP contribution in [0, 0.1) is 24.1 Å². The van der Waals surface area contributed by atoms with E-state index in [9.17, 15) is 4.39 Å². The summed E-state index contributed by atoms with van der Waals surface area (Å²) < 4.78 is 18.7. The number of nitriles is 1. The third-order valence-electron chi connectivity index (χ3n) is 2.46. The fourth-order valence-corrected chi connectivity index (χ4v) is 1.52. The van der Waals surface area contributed by atoms with Gasteiger partial charge in [0.2, 0.25) is 0 Å². The van der Waals surface area contributed by atoms with Crippen molar-refractivity contribution in [3.05, 3.63) is 53.3 Å². The summed E-state index contributed by atoms with van der Waals surface area (Å²) in [6, 6.07) is 11.4. The van der Waals surface area contributed by atoms with E-state index >= 15 is 0 Å². The Kier molecular flexibility index (Phi) is 3.16. The Labute approximate surface area is 104 Å². The largest absolute Gasteiger partial charge is 0.456 e. The number of rotatable bonds is 2. The van der Waals surface area contributed by atoms with Crippen molar-refractivity contribution in [3.8, 4) is 17.6 Å². The average molecular weight is 242 g/mol. The first-order valence-electron chi connectivity index (χ1n) is 5.34. The van der Waals surface area contributed by atoms with Crippen LogP contribution in [0.1, 0.15) is 11.1 Å². The smallest absolute Gasteiger partial charge is 0.149 e. The summed E-state index contributed by atoms with van der Waals surface area (Å²) in [6.45, 7) is 1.88. The highest BCUT2D eigenvalue weighted by atomic mass is 19.1. The van der Waals surface area contributed by atoms with E-state index in [-0.39, 0.29) is 5.69 Å². The number of nitrogen functional groups attached to an aromatic ring is 1. The number of hydrogen-bond donors (Lipinski definition) is 1. The molecular weight excluding hydrogens is 231 g/mol. The monoisotopic (exact) mass is 242 g/mol. The summed E-state index contributed by atoms with van der Waals surface area (Å²) in [5.41, 5.74) is 6.81. The minimum absolute atomic E-state index is 0.0618. The van der Waals surface area contributed by atoms with Crippen molar-refractivity contribution in [1.82, 2.24) is 0 Å². The van der Waals surface area contributed by atoms with Gasteiger partial charge in [0, 0.05) is 6.07 Å².